The molecular formula is C16H24N4O5S. The molecule has 0 saturated heterocycles. The number of anilines is 1. The van der Waals surface area contributed by atoms with Gasteiger partial charge in [-0.2, -0.15) is 0 Å². The summed E-state index contributed by atoms with van der Waals surface area (Å²) >= 11 is 0. The Labute approximate surface area is 153 Å². The Morgan fingerprint density at radius 1 is 1.35 bits per heavy atom. The number of likely N-dealkylation sites (N-methyl/N-ethyl adjacent to an activating group) is 1. The van der Waals surface area contributed by atoms with Gasteiger partial charge in [0.1, 0.15) is 18.3 Å². The van der Waals surface area contributed by atoms with Crippen molar-refractivity contribution < 1.29 is 22.7 Å². The van der Waals surface area contributed by atoms with Crippen LogP contribution in [0.5, 0.6) is 5.88 Å². The maximum Gasteiger partial charge on any atom is 0.253 e. The molecule has 0 fully saturated rings. The highest BCUT2D eigenvalue weighted by Crippen LogP contribution is 2.32. The molecule has 1 aromatic rings. The lowest BCUT2D eigenvalue weighted by Gasteiger charge is -2.30. The van der Waals surface area contributed by atoms with E-state index in [1.807, 2.05) is 20.8 Å². The predicted octanol–water partition coefficient (Wildman–Crippen LogP) is 0.131. The summed E-state index contributed by atoms with van der Waals surface area (Å²) in [6.45, 7) is 5.81. The number of carbonyl (C=O) groups is 2. The minimum Gasteiger partial charge on any atom is -0.474 e. The van der Waals surface area contributed by atoms with Crippen molar-refractivity contribution in [3.63, 3.8) is 0 Å². The van der Waals surface area contributed by atoms with Crippen LogP contribution >= 0.6 is 0 Å². The van der Waals surface area contributed by atoms with E-state index in [0.29, 0.717) is 0 Å². The van der Waals surface area contributed by atoms with E-state index in [1.165, 1.54) is 19.3 Å². The molecule has 0 bridgehead atoms. The first-order chi connectivity index (χ1) is 11.9. The maximum atomic E-state index is 12.6. The normalized spacial score (nSPS) is 15.5. The highest BCUT2D eigenvalue weighted by Gasteiger charge is 2.33. The van der Waals surface area contributed by atoms with E-state index in [4.69, 9.17) is 4.74 Å². The van der Waals surface area contributed by atoms with Gasteiger partial charge in [0.15, 0.2) is 0 Å². The molecule has 2 heterocycles. The minimum absolute atomic E-state index is 0.140. The number of sulfonamides is 1. The molecule has 2 amide bonds. The van der Waals surface area contributed by atoms with Crippen LogP contribution in [-0.4, -0.2) is 57.7 Å². The van der Waals surface area contributed by atoms with E-state index in [0.717, 1.165) is 10.6 Å². The SMILES string of the molecule is CNC(=O)[C@@H](NC(=O)c1cnc2c(c1)N(S(C)(=O)=O)CCO2)C(C)(C)C. The summed E-state index contributed by atoms with van der Waals surface area (Å²) in [5, 5.41) is 5.21. The van der Waals surface area contributed by atoms with Crippen LogP contribution in [0.15, 0.2) is 12.3 Å². The van der Waals surface area contributed by atoms with Gasteiger partial charge in [-0.3, -0.25) is 13.9 Å². The Bertz CT molecular complexity index is 816. The quantitative estimate of drug-likeness (QED) is 0.762. The first-order valence-corrected chi connectivity index (χ1v) is 9.93. The largest absolute Gasteiger partial charge is 0.474 e. The van der Waals surface area contributed by atoms with Gasteiger partial charge in [-0.15, -0.1) is 0 Å². The molecule has 26 heavy (non-hydrogen) atoms. The first-order valence-electron chi connectivity index (χ1n) is 8.08. The molecule has 0 saturated carbocycles. The molecular weight excluding hydrogens is 360 g/mol. The summed E-state index contributed by atoms with van der Waals surface area (Å²) in [5.74, 6) is -0.697. The van der Waals surface area contributed by atoms with E-state index in [1.54, 1.807) is 0 Å². The van der Waals surface area contributed by atoms with Crippen LogP contribution in [0.1, 0.15) is 31.1 Å². The average Bonchev–Trinajstić information content (AvgIpc) is 2.55. The van der Waals surface area contributed by atoms with Gasteiger partial charge in [-0.1, -0.05) is 20.8 Å². The Morgan fingerprint density at radius 2 is 2.00 bits per heavy atom. The summed E-state index contributed by atoms with van der Waals surface area (Å²) < 4.78 is 30.4. The standard InChI is InChI=1S/C16H24N4O5S/c1-16(2,3)12(14(22)17-4)19-13(21)10-8-11-15(18-9-10)25-7-6-20(11)26(5,23)24/h8-9,12H,6-7H2,1-5H3,(H,17,22)(H,19,21)/t12-/m1/s1. The van der Waals surface area contributed by atoms with E-state index >= 15 is 0 Å². The smallest absolute Gasteiger partial charge is 0.253 e. The van der Waals surface area contributed by atoms with E-state index in [-0.39, 0.29) is 36.2 Å². The van der Waals surface area contributed by atoms with Crippen molar-refractivity contribution in [1.29, 1.82) is 0 Å². The summed E-state index contributed by atoms with van der Waals surface area (Å²) in [7, 11) is -2.03. The van der Waals surface area contributed by atoms with Gasteiger partial charge in [0.25, 0.3) is 5.91 Å². The lowest BCUT2D eigenvalue weighted by Crippen LogP contribution is -2.52. The number of pyridine rings is 1. The number of rotatable bonds is 4. The molecule has 2 N–H and O–H groups in total. The zero-order valence-corrected chi connectivity index (χ0v) is 16.3. The Kier molecular flexibility index (Phi) is 5.45. The van der Waals surface area contributed by atoms with Crippen LogP contribution in [0.25, 0.3) is 0 Å². The summed E-state index contributed by atoms with van der Waals surface area (Å²) in [4.78, 5) is 28.8. The highest BCUT2D eigenvalue weighted by atomic mass is 32.2. The van der Waals surface area contributed by atoms with Gasteiger partial charge in [0, 0.05) is 13.2 Å². The summed E-state index contributed by atoms with van der Waals surface area (Å²) in [5.41, 5.74) is -0.168. The monoisotopic (exact) mass is 384 g/mol. The zero-order valence-electron chi connectivity index (χ0n) is 15.5. The van der Waals surface area contributed by atoms with Crippen molar-refractivity contribution in [2.24, 2.45) is 5.41 Å². The molecule has 0 aliphatic carbocycles. The van der Waals surface area contributed by atoms with Crippen LogP contribution in [0.4, 0.5) is 5.69 Å². The second kappa shape index (κ2) is 7.10. The predicted molar refractivity (Wildman–Crippen MR) is 96.7 cm³/mol. The molecule has 1 aliphatic rings. The van der Waals surface area contributed by atoms with E-state index in [9.17, 15) is 18.0 Å². The van der Waals surface area contributed by atoms with Crippen LogP contribution in [0.3, 0.4) is 0 Å². The fraction of sp³-hybridized carbons (Fsp3) is 0.562. The van der Waals surface area contributed by atoms with Crippen molar-refractivity contribution in [3.05, 3.63) is 17.8 Å². The summed E-state index contributed by atoms with van der Waals surface area (Å²) in [6, 6.07) is 0.639. The van der Waals surface area contributed by atoms with Gasteiger partial charge in [-0.25, -0.2) is 13.4 Å². The lowest BCUT2D eigenvalue weighted by molar-refractivity contribution is -0.124. The number of carbonyl (C=O) groups excluding carboxylic acids is 2. The highest BCUT2D eigenvalue weighted by molar-refractivity contribution is 7.92. The number of hydrogen-bond donors (Lipinski definition) is 2. The Hall–Kier alpha value is -2.36. The van der Waals surface area contributed by atoms with Crippen LogP contribution in [0.2, 0.25) is 0 Å². The van der Waals surface area contributed by atoms with Crippen LogP contribution < -0.4 is 19.7 Å². The molecule has 1 atom stereocenters. The second-order valence-electron chi connectivity index (χ2n) is 7.12. The van der Waals surface area contributed by atoms with Crippen molar-refractivity contribution in [2.45, 2.75) is 26.8 Å². The number of aromatic nitrogens is 1. The van der Waals surface area contributed by atoms with Crippen molar-refractivity contribution in [2.75, 3.05) is 30.8 Å². The molecule has 9 nitrogen and oxygen atoms in total. The molecule has 2 rings (SSSR count). The molecule has 1 aromatic heterocycles. The number of fused-ring (bicyclic) bond motifs is 1. The van der Waals surface area contributed by atoms with Gasteiger partial charge in [0.05, 0.1) is 18.4 Å². The molecule has 0 aromatic carbocycles. The second-order valence-corrected chi connectivity index (χ2v) is 9.03. The molecule has 1 aliphatic heterocycles. The van der Waals surface area contributed by atoms with Crippen molar-refractivity contribution in [3.8, 4) is 5.88 Å². The first kappa shape index (κ1) is 20.0. The van der Waals surface area contributed by atoms with Gasteiger partial charge in [-0.05, 0) is 11.5 Å². The number of nitrogens with one attached hydrogen (secondary N) is 2. The van der Waals surface area contributed by atoms with Crippen molar-refractivity contribution >= 4 is 27.5 Å². The van der Waals surface area contributed by atoms with Crippen LogP contribution in [-0.2, 0) is 14.8 Å². The maximum absolute atomic E-state index is 12.6. The molecule has 144 valence electrons. The molecule has 0 unspecified atom stereocenters. The van der Waals surface area contributed by atoms with Gasteiger partial charge in [0.2, 0.25) is 21.8 Å². The fourth-order valence-electron chi connectivity index (χ4n) is 2.58. The number of amides is 2. The number of ether oxygens (including phenoxy) is 1. The third kappa shape index (κ3) is 4.24. The number of nitrogens with zero attached hydrogens (tertiary/aromatic N) is 2. The van der Waals surface area contributed by atoms with E-state index < -0.39 is 27.4 Å². The van der Waals surface area contributed by atoms with Gasteiger partial charge >= 0.3 is 0 Å². The Morgan fingerprint density at radius 3 is 2.54 bits per heavy atom. The Balaban J connectivity index is 2.35. The molecule has 0 spiro atoms. The minimum atomic E-state index is -3.53. The van der Waals surface area contributed by atoms with E-state index in [2.05, 4.69) is 15.6 Å². The van der Waals surface area contributed by atoms with Crippen molar-refractivity contribution in [1.82, 2.24) is 15.6 Å². The zero-order chi connectivity index (χ0) is 19.7. The summed E-state index contributed by atoms with van der Waals surface area (Å²) in [6.07, 6.45) is 2.37. The third-order valence-corrected chi connectivity index (χ3v) is 5.13. The number of hydrogen-bond acceptors (Lipinski definition) is 6. The molecule has 10 heteroatoms. The fourth-order valence-corrected chi connectivity index (χ4v) is 3.47. The van der Waals surface area contributed by atoms with Gasteiger partial charge < -0.3 is 15.4 Å². The van der Waals surface area contributed by atoms with Crippen LogP contribution in [0, 0.1) is 5.41 Å². The third-order valence-electron chi connectivity index (χ3n) is 3.95. The average molecular weight is 384 g/mol. The topological polar surface area (TPSA) is 118 Å². The molecule has 0 radical (unpaired) electrons. The lowest BCUT2D eigenvalue weighted by atomic mass is 9.86.